The number of fused-ring (bicyclic) bond motifs is 1. The molecule has 0 saturated carbocycles. The van der Waals surface area contributed by atoms with E-state index in [0.29, 0.717) is 21.7 Å². The lowest BCUT2D eigenvalue weighted by Gasteiger charge is -2.29. The predicted molar refractivity (Wildman–Crippen MR) is 133 cm³/mol. The Balaban J connectivity index is 1.50. The maximum atomic E-state index is 13.7. The van der Waals surface area contributed by atoms with Crippen LogP contribution in [-0.2, 0) is 9.59 Å². The fourth-order valence-electron chi connectivity index (χ4n) is 4.72. The van der Waals surface area contributed by atoms with E-state index in [4.69, 9.17) is 0 Å². The van der Waals surface area contributed by atoms with Crippen LogP contribution in [-0.4, -0.2) is 39.6 Å². The molecule has 1 aliphatic rings. The summed E-state index contributed by atoms with van der Waals surface area (Å²) >= 11 is 0. The first kappa shape index (κ1) is 24.2. The Hall–Kier alpha value is -4.47. The molecule has 4 aromatic rings. The van der Waals surface area contributed by atoms with Gasteiger partial charge in [0.25, 0.3) is 11.5 Å². The summed E-state index contributed by atoms with van der Waals surface area (Å²) in [6, 6.07) is 15.6. The van der Waals surface area contributed by atoms with E-state index in [0.717, 1.165) is 5.39 Å². The first-order valence-corrected chi connectivity index (χ1v) is 11.5. The number of pyridine rings is 2. The highest BCUT2D eigenvalue weighted by atomic mass is 19.4. The molecule has 0 radical (unpaired) electrons. The van der Waals surface area contributed by atoms with Gasteiger partial charge >= 0.3 is 12.1 Å². The van der Waals surface area contributed by atoms with Crippen LogP contribution in [0.2, 0.25) is 0 Å². The minimum absolute atomic E-state index is 0.00558. The zero-order valence-electron chi connectivity index (χ0n) is 19.6. The third-order valence-corrected chi connectivity index (χ3v) is 6.43. The number of hydrogen-bond acceptors (Lipinski definition) is 4. The molecule has 1 fully saturated rings. The molecule has 0 bridgehead atoms. The van der Waals surface area contributed by atoms with Gasteiger partial charge < -0.3 is 4.90 Å². The Morgan fingerprint density at radius 2 is 1.70 bits per heavy atom. The van der Waals surface area contributed by atoms with Crippen molar-refractivity contribution in [3.8, 4) is 5.69 Å². The van der Waals surface area contributed by atoms with Crippen molar-refractivity contribution in [2.24, 2.45) is 0 Å². The van der Waals surface area contributed by atoms with Gasteiger partial charge in [0.15, 0.2) is 0 Å². The Morgan fingerprint density at radius 3 is 2.41 bits per heavy atom. The molecule has 2 amide bonds. The fraction of sp³-hybridized carbons (Fsp3) is 0.185. The fourth-order valence-corrected chi connectivity index (χ4v) is 4.72. The van der Waals surface area contributed by atoms with E-state index in [1.165, 1.54) is 33.9 Å². The standard InChI is InChI=1S/C27H21F3N4O3/c1-17-14-23(25(36)33(17)21-9-7-20(8-10-21)32-13-3-2-4-24(32)35)34(26(37)27(28,29)30)22-6-5-18-11-12-31-16-19(18)15-22/h2-13,15-17,23H,14H2,1H3. The summed E-state index contributed by atoms with van der Waals surface area (Å²) in [5.74, 6) is -2.73. The van der Waals surface area contributed by atoms with Gasteiger partial charge in [-0.3, -0.25) is 28.8 Å². The second-order valence-corrected chi connectivity index (χ2v) is 8.81. The molecule has 0 aliphatic carbocycles. The molecule has 3 heterocycles. The van der Waals surface area contributed by atoms with Crippen LogP contribution in [0.3, 0.4) is 0 Å². The van der Waals surface area contributed by atoms with Crippen LogP contribution in [0.5, 0.6) is 0 Å². The SMILES string of the molecule is CC1CC(N(C(=O)C(F)(F)F)c2ccc3ccncc3c2)C(=O)N1c1ccc(-n2ccccc2=O)cc1. The molecule has 0 N–H and O–H groups in total. The molecule has 0 spiro atoms. The molecule has 37 heavy (non-hydrogen) atoms. The van der Waals surface area contributed by atoms with Crippen molar-refractivity contribution < 1.29 is 22.8 Å². The van der Waals surface area contributed by atoms with Gasteiger partial charge in [0.1, 0.15) is 6.04 Å². The highest BCUT2D eigenvalue weighted by Crippen LogP contribution is 2.35. The Bertz CT molecular complexity index is 1550. The molecule has 2 atom stereocenters. The number of aromatic nitrogens is 2. The van der Waals surface area contributed by atoms with Crippen molar-refractivity contribution in [2.45, 2.75) is 31.6 Å². The van der Waals surface area contributed by atoms with Crippen molar-refractivity contribution in [3.63, 3.8) is 0 Å². The summed E-state index contributed by atoms with van der Waals surface area (Å²) in [5.41, 5.74) is 0.764. The largest absolute Gasteiger partial charge is 0.471 e. The number of benzene rings is 2. The molecule has 10 heteroatoms. The maximum Gasteiger partial charge on any atom is 0.471 e. The number of carbonyl (C=O) groups is 2. The molecule has 2 aromatic heterocycles. The maximum absolute atomic E-state index is 13.7. The van der Waals surface area contributed by atoms with E-state index in [9.17, 15) is 27.6 Å². The van der Waals surface area contributed by atoms with Crippen molar-refractivity contribution in [1.82, 2.24) is 9.55 Å². The number of hydrogen-bond donors (Lipinski definition) is 0. The highest BCUT2D eigenvalue weighted by molar-refractivity contribution is 6.10. The molecule has 2 unspecified atom stereocenters. The van der Waals surface area contributed by atoms with Gasteiger partial charge in [0, 0.05) is 53.1 Å². The Morgan fingerprint density at radius 1 is 0.973 bits per heavy atom. The van der Waals surface area contributed by atoms with Gasteiger partial charge in [-0.25, -0.2) is 0 Å². The van der Waals surface area contributed by atoms with Gasteiger partial charge in [-0.15, -0.1) is 0 Å². The van der Waals surface area contributed by atoms with E-state index in [-0.39, 0.29) is 17.7 Å². The van der Waals surface area contributed by atoms with Gasteiger partial charge in [0.05, 0.1) is 0 Å². The molecule has 188 valence electrons. The summed E-state index contributed by atoms with van der Waals surface area (Å²) in [5, 5.41) is 1.28. The van der Waals surface area contributed by atoms with E-state index < -0.39 is 30.1 Å². The van der Waals surface area contributed by atoms with E-state index in [1.54, 1.807) is 67.8 Å². The van der Waals surface area contributed by atoms with Crippen LogP contribution < -0.4 is 15.4 Å². The quantitative estimate of drug-likeness (QED) is 0.409. The number of carbonyl (C=O) groups excluding carboxylic acids is 2. The average Bonchev–Trinajstić information content (AvgIpc) is 3.17. The summed E-state index contributed by atoms with van der Waals surface area (Å²) in [4.78, 5) is 44.2. The monoisotopic (exact) mass is 506 g/mol. The van der Waals surface area contributed by atoms with Crippen molar-refractivity contribution in [3.05, 3.63) is 95.7 Å². The lowest BCUT2D eigenvalue weighted by Crippen LogP contribution is -2.50. The minimum Gasteiger partial charge on any atom is -0.308 e. The predicted octanol–water partition coefficient (Wildman–Crippen LogP) is 4.48. The normalized spacial score (nSPS) is 17.8. The number of amides is 2. The van der Waals surface area contributed by atoms with Crippen LogP contribution in [0, 0.1) is 0 Å². The minimum atomic E-state index is -5.18. The van der Waals surface area contributed by atoms with Crippen LogP contribution >= 0.6 is 0 Å². The third-order valence-electron chi connectivity index (χ3n) is 6.43. The van der Waals surface area contributed by atoms with Crippen molar-refractivity contribution >= 4 is 34.0 Å². The topological polar surface area (TPSA) is 75.5 Å². The summed E-state index contributed by atoms with van der Waals surface area (Å²) in [6.07, 6.45) is -0.520. The van der Waals surface area contributed by atoms with Gasteiger partial charge in [-0.1, -0.05) is 12.1 Å². The van der Waals surface area contributed by atoms with Gasteiger partial charge in [-0.05, 0) is 67.3 Å². The Labute approximate surface area is 209 Å². The number of nitrogens with zero attached hydrogens (tertiary/aromatic N) is 4. The molecular formula is C27H21F3N4O3. The van der Waals surface area contributed by atoms with Crippen LogP contribution in [0.25, 0.3) is 16.5 Å². The van der Waals surface area contributed by atoms with E-state index in [2.05, 4.69) is 4.98 Å². The lowest BCUT2D eigenvalue weighted by atomic mass is 10.1. The summed E-state index contributed by atoms with van der Waals surface area (Å²) in [6.45, 7) is 1.72. The molecule has 1 aliphatic heterocycles. The van der Waals surface area contributed by atoms with Crippen molar-refractivity contribution in [2.75, 3.05) is 9.80 Å². The molecule has 5 rings (SSSR count). The second kappa shape index (κ2) is 9.20. The van der Waals surface area contributed by atoms with Crippen molar-refractivity contribution in [1.29, 1.82) is 0 Å². The van der Waals surface area contributed by atoms with Gasteiger partial charge in [-0.2, -0.15) is 13.2 Å². The third kappa shape index (κ3) is 4.46. The zero-order valence-corrected chi connectivity index (χ0v) is 19.6. The van der Waals surface area contributed by atoms with E-state index >= 15 is 0 Å². The Kier molecular flexibility index (Phi) is 6.02. The number of anilines is 2. The lowest BCUT2D eigenvalue weighted by molar-refractivity contribution is -0.171. The molecule has 2 aromatic carbocycles. The van der Waals surface area contributed by atoms with Crippen LogP contribution in [0.1, 0.15) is 13.3 Å². The second-order valence-electron chi connectivity index (χ2n) is 8.81. The molecule has 1 saturated heterocycles. The first-order chi connectivity index (χ1) is 17.6. The zero-order chi connectivity index (χ0) is 26.3. The van der Waals surface area contributed by atoms with Gasteiger partial charge in [0.2, 0.25) is 0 Å². The highest BCUT2D eigenvalue weighted by Gasteiger charge is 2.51. The molecule has 7 nitrogen and oxygen atoms in total. The van der Waals surface area contributed by atoms with Crippen LogP contribution in [0.4, 0.5) is 24.5 Å². The number of rotatable bonds is 4. The average molecular weight is 506 g/mol. The summed E-state index contributed by atoms with van der Waals surface area (Å²) in [7, 11) is 0. The van der Waals surface area contributed by atoms with Crippen LogP contribution in [0.15, 0.2) is 90.1 Å². The van der Waals surface area contributed by atoms with E-state index in [1.807, 2.05) is 0 Å². The summed E-state index contributed by atoms with van der Waals surface area (Å²) < 4.78 is 42.5. The first-order valence-electron chi connectivity index (χ1n) is 11.5. The number of alkyl halides is 3. The molecular weight excluding hydrogens is 485 g/mol. The number of halogens is 3. The smallest absolute Gasteiger partial charge is 0.308 e.